The molecule has 3 nitrogen and oxygen atoms in total. The van der Waals surface area contributed by atoms with Crippen molar-refractivity contribution in [1.29, 1.82) is 0 Å². The summed E-state index contributed by atoms with van der Waals surface area (Å²) in [4.78, 5) is 11.4. The van der Waals surface area contributed by atoms with Gasteiger partial charge in [0.05, 0.1) is 4.90 Å². The summed E-state index contributed by atoms with van der Waals surface area (Å²) in [6.07, 6.45) is 1.74. The van der Waals surface area contributed by atoms with Crippen molar-refractivity contribution in [1.82, 2.24) is 4.31 Å². The van der Waals surface area contributed by atoms with Crippen LogP contribution in [0.3, 0.4) is 0 Å². The maximum absolute atomic E-state index is 12.4. The van der Waals surface area contributed by atoms with Gasteiger partial charge in [-0.3, -0.25) is 9.10 Å². The average Bonchev–Trinajstić information content (AvgIpc) is 2.69. The number of allylic oxidation sites excluding steroid dienone is 1. The standard InChI is InChI=1S/C13H15NO2S/c1-10-6-7-14(11(10)2)17(16)13-5-3-4-12(8-13)9-15/h3-5,8-9H,6-7H2,1-2H3. The molecule has 0 saturated carbocycles. The van der Waals surface area contributed by atoms with Crippen molar-refractivity contribution in [2.75, 3.05) is 6.54 Å². The summed E-state index contributed by atoms with van der Waals surface area (Å²) in [5, 5.41) is 0. The first-order valence-corrected chi connectivity index (χ1v) is 6.65. The number of benzene rings is 1. The molecule has 0 aromatic heterocycles. The highest BCUT2D eigenvalue weighted by Crippen LogP contribution is 2.26. The second-order valence-corrected chi connectivity index (χ2v) is 5.57. The van der Waals surface area contributed by atoms with Crippen molar-refractivity contribution in [3.63, 3.8) is 0 Å². The highest BCUT2D eigenvalue weighted by atomic mass is 32.2. The lowest BCUT2D eigenvalue weighted by atomic mass is 10.2. The maximum Gasteiger partial charge on any atom is 0.152 e. The van der Waals surface area contributed by atoms with E-state index < -0.39 is 11.0 Å². The number of hydrogen-bond donors (Lipinski definition) is 0. The van der Waals surface area contributed by atoms with Crippen molar-refractivity contribution in [3.8, 4) is 0 Å². The van der Waals surface area contributed by atoms with Gasteiger partial charge in [0.15, 0.2) is 11.0 Å². The van der Waals surface area contributed by atoms with Crippen LogP contribution in [0, 0.1) is 0 Å². The normalized spacial score (nSPS) is 17.4. The Kier molecular flexibility index (Phi) is 3.43. The van der Waals surface area contributed by atoms with E-state index in [1.807, 2.05) is 11.2 Å². The fourth-order valence-electron chi connectivity index (χ4n) is 1.86. The van der Waals surface area contributed by atoms with Crippen LogP contribution in [-0.2, 0) is 11.0 Å². The summed E-state index contributed by atoms with van der Waals surface area (Å²) in [6, 6.07) is 6.96. The Labute approximate surface area is 104 Å². The van der Waals surface area contributed by atoms with Crippen LogP contribution in [-0.4, -0.2) is 21.3 Å². The first kappa shape index (κ1) is 12.0. The van der Waals surface area contributed by atoms with Gasteiger partial charge in [0, 0.05) is 17.8 Å². The zero-order valence-electron chi connectivity index (χ0n) is 9.97. The molecule has 1 atom stereocenters. The quantitative estimate of drug-likeness (QED) is 0.772. The van der Waals surface area contributed by atoms with Gasteiger partial charge in [-0.05, 0) is 32.4 Å². The summed E-state index contributed by atoms with van der Waals surface area (Å²) in [5.74, 6) is 0. The van der Waals surface area contributed by atoms with E-state index in [0.29, 0.717) is 10.5 Å². The molecular weight excluding hydrogens is 234 g/mol. The van der Waals surface area contributed by atoms with Crippen LogP contribution < -0.4 is 0 Å². The maximum atomic E-state index is 12.4. The molecule has 1 heterocycles. The Balaban J connectivity index is 2.29. The molecule has 0 radical (unpaired) electrons. The van der Waals surface area contributed by atoms with Crippen molar-refractivity contribution >= 4 is 17.3 Å². The number of nitrogens with zero attached hydrogens (tertiary/aromatic N) is 1. The van der Waals surface area contributed by atoms with Crippen LogP contribution in [0.15, 0.2) is 40.4 Å². The SMILES string of the molecule is CC1=C(C)N(S(=O)c2cccc(C=O)c2)CC1. The van der Waals surface area contributed by atoms with E-state index in [-0.39, 0.29) is 0 Å². The van der Waals surface area contributed by atoms with E-state index in [1.54, 1.807) is 24.3 Å². The molecule has 2 rings (SSSR count). The average molecular weight is 249 g/mol. The molecule has 0 fully saturated rings. The predicted molar refractivity (Wildman–Crippen MR) is 67.9 cm³/mol. The van der Waals surface area contributed by atoms with Crippen LogP contribution in [0.25, 0.3) is 0 Å². The molecule has 1 aliphatic rings. The van der Waals surface area contributed by atoms with E-state index in [9.17, 15) is 9.00 Å². The number of hydrogen-bond acceptors (Lipinski definition) is 2. The number of carbonyl (C=O) groups is 1. The van der Waals surface area contributed by atoms with E-state index in [2.05, 4.69) is 6.92 Å². The summed E-state index contributed by atoms with van der Waals surface area (Å²) in [7, 11) is -1.20. The number of aldehydes is 1. The van der Waals surface area contributed by atoms with E-state index >= 15 is 0 Å². The van der Waals surface area contributed by atoms with Crippen LogP contribution in [0.5, 0.6) is 0 Å². The van der Waals surface area contributed by atoms with E-state index in [1.165, 1.54) is 5.57 Å². The van der Waals surface area contributed by atoms with E-state index in [4.69, 9.17) is 0 Å². The Morgan fingerprint density at radius 3 is 2.71 bits per heavy atom. The summed E-state index contributed by atoms with van der Waals surface area (Å²) < 4.78 is 14.2. The second kappa shape index (κ2) is 4.84. The van der Waals surface area contributed by atoms with Gasteiger partial charge in [0.2, 0.25) is 0 Å². The minimum Gasteiger partial charge on any atom is -0.298 e. The lowest BCUT2D eigenvalue weighted by Crippen LogP contribution is -2.21. The highest BCUT2D eigenvalue weighted by molar-refractivity contribution is 7.82. The minimum absolute atomic E-state index is 0.563. The fourth-order valence-corrected chi connectivity index (χ4v) is 3.21. The molecule has 1 aromatic carbocycles. The predicted octanol–water partition coefficient (Wildman–Crippen LogP) is 2.52. The number of rotatable bonds is 3. The molecule has 1 aromatic rings. The van der Waals surface area contributed by atoms with Crippen molar-refractivity contribution in [2.24, 2.45) is 0 Å². The molecule has 90 valence electrons. The summed E-state index contributed by atoms with van der Waals surface area (Å²) >= 11 is 0. The van der Waals surface area contributed by atoms with Crippen LogP contribution in [0.4, 0.5) is 0 Å². The first-order valence-electron chi connectivity index (χ1n) is 5.54. The highest BCUT2D eigenvalue weighted by Gasteiger charge is 2.22. The van der Waals surface area contributed by atoms with E-state index in [0.717, 1.165) is 24.9 Å². The third-order valence-electron chi connectivity index (χ3n) is 3.08. The van der Waals surface area contributed by atoms with Gasteiger partial charge in [-0.2, -0.15) is 0 Å². The molecule has 0 bridgehead atoms. The van der Waals surface area contributed by atoms with Gasteiger partial charge in [-0.15, -0.1) is 0 Å². The zero-order valence-corrected chi connectivity index (χ0v) is 10.8. The molecule has 4 heteroatoms. The first-order chi connectivity index (χ1) is 8.13. The largest absolute Gasteiger partial charge is 0.298 e. The smallest absolute Gasteiger partial charge is 0.152 e. The zero-order chi connectivity index (χ0) is 12.4. The lowest BCUT2D eigenvalue weighted by molar-refractivity contribution is 0.112. The molecule has 0 saturated heterocycles. The van der Waals surface area contributed by atoms with Crippen LogP contribution in [0.2, 0.25) is 0 Å². The molecule has 0 N–H and O–H groups in total. The molecule has 1 aliphatic heterocycles. The van der Waals surface area contributed by atoms with Crippen molar-refractivity contribution in [3.05, 3.63) is 41.1 Å². The third kappa shape index (κ3) is 2.31. The Morgan fingerprint density at radius 1 is 1.35 bits per heavy atom. The van der Waals surface area contributed by atoms with Gasteiger partial charge >= 0.3 is 0 Å². The molecule has 0 amide bonds. The Bertz CT molecular complexity index is 508. The molecular formula is C13H15NO2S. The number of carbonyl (C=O) groups excluding carboxylic acids is 1. The van der Waals surface area contributed by atoms with Gasteiger partial charge in [0.25, 0.3) is 0 Å². The molecule has 1 unspecified atom stereocenters. The Morgan fingerprint density at radius 2 is 2.12 bits per heavy atom. The van der Waals surface area contributed by atoms with Crippen molar-refractivity contribution in [2.45, 2.75) is 25.2 Å². The van der Waals surface area contributed by atoms with Crippen molar-refractivity contribution < 1.29 is 9.00 Å². The van der Waals surface area contributed by atoms with Gasteiger partial charge in [-0.25, -0.2) is 4.21 Å². The summed E-state index contributed by atoms with van der Waals surface area (Å²) in [5.41, 5.74) is 2.93. The van der Waals surface area contributed by atoms with Gasteiger partial charge < -0.3 is 0 Å². The Hall–Kier alpha value is -1.42. The van der Waals surface area contributed by atoms with Gasteiger partial charge in [0.1, 0.15) is 6.29 Å². The minimum atomic E-state index is -1.20. The summed E-state index contributed by atoms with van der Waals surface area (Å²) in [6.45, 7) is 4.84. The van der Waals surface area contributed by atoms with Crippen LogP contribution in [0.1, 0.15) is 30.6 Å². The second-order valence-electron chi connectivity index (χ2n) is 4.16. The van der Waals surface area contributed by atoms with Gasteiger partial charge in [-0.1, -0.05) is 17.7 Å². The molecule has 0 spiro atoms. The third-order valence-corrected chi connectivity index (χ3v) is 4.59. The topological polar surface area (TPSA) is 37.4 Å². The lowest BCUT2D eigenvalue weighted by Gasteiger charge is -2.18. The molecule has 0 aliphatic carbocycles. The van der Waals surface area contributed by atoms with Crippen LogP contribution >= 0.6 is 0 Å². The molecule has 17 heavy (non-hydrogen) atoms. The fraction of sp³-hybridized carbons (Fsp3) is 0.308. The monoisotopic (exact) mass is 249 g/mol.